The summed E-state index contributed by atoms with van der Waals surface area (Å²) < 4.78 is 23.5. The minimum atomic E-state index is -3.09. The SMILES string of the molecule is CCCCCS(=O)(=O)Cc1ccc(N)c(O)c1. The molecule has 0 radical (unpaired) electrons. The van der Waals surface area contributed by atoms with E-state index in [1.165, 1.54) is 12.1 Å². The van der Waals surface area contributed by atoms with Crippen LogP contribution in [0, 0.1) is 0 Å². The van der Waals surface area contributed by atoms with Crippen LogP contribution in [0.15, 0.2) is 18.2 Å². The largest absolute Gasteiger partial charge is 0.506 e. The van der Waals surface area contributed by atoms with Crippen molar-refractivity contribution in [2.24, 2.45) is 0 Å². The lowest BCUT2D eigenvalue weighted by Gasteiger charge is -2.06. The third-order valence-electron chi connectivity index (χ3n) is 2.54. The average molecular weight is 257 g/mol. The van der Waals surface area contributed by atoms with Crippen molar-refractivity contribution in [3.8, 4) is 5.75 Å². The van der Waals surface area contributed by atoms with Gasteiger partial charge in [-0.2, -0.15) is 0 Å². The first-order valence-electron chi connectivity index (χ1n) is 5.72. The summed E-state index contributed by atoms with van der Waals surface area (Å²) in [6.07, 6.45) is 2.62. The molecule has 0 bridgehead atoms. The number of sulfone groups is 1. The van der Waals surface area contributed by atoms with Crippen LogP contribution in [-0.4, -0.2) is 19.3 Å². The highest BCUT2D eigenvalue weighted by Gasteiger charge is 2.12. The summed E-state index contributed by atoms with van der Waals surface area (Å²) in [5.41, 5.74) is 6.29. The topological polar surface area (TPSA) is 80.4 Å². The molecule has 1 aromatic carbocycles. The molecule has 17 heavy (non-hydrogen) atoms. The van der Waals surface area contributed by atoms with Crippen molar-refractivity contribution in [2.45, 2.75) is 31.9 Å². The predicted molar refractivity (Wildman–Crippen MR) is 69.5 cm³/mol. The summed E-state index contributed by atoms with van der Waals surface area (Å²) in [4.78, 5) is 0. The van der Waals surface area contributed by atoms with E-state index in [1.807, 2.05) is 6.92 Å². The maximum absolute atomic E-state index is 11.8. The normalized spacial score (nSPS) is 11.6. The first kappa shape index (κ1) is 13.8. The number of nitrogens with two attached hydrogens (primary N) is 1. The molecule has 0 atom stereocenters. The number of rotatable bonds is 6. The van der Waals surface area contributed by atoms with Crippen molar-refractivity contribution in [3.63, 3.8) is 0 Å². The van der Waals surface area contributed by atoms with Crippen LogP contribution in [0.5, 0.6) is 5.75 Å². The second-order valence-electron chi connectivity index (χ2n) is 4.19. The van der Waals surface area contributed by atoms with Gasteiger partial charge in [-0.3, -0.25) is 0 Å². The van der Waals surface area contributed by atoms with Crippen molar-refractivity contribution in [2.75, 3.05) is 11.5 Å². The average Bonchev–Trinajstić information content (AvgIpc) is 2.23. The van der Waals surface area contributed by atoms with E-state index in [2.05, 4.69) is 0 Å². The fourth-order valence-electron chi connectivity index (χ4n) is 1.58. The third-order valence-corrected chi connectivity index (χ3v) is 4.22. The van der Waals surface area contributed by atoms with E-state index in [-0.39, 0.29) is 22.9 Å². The van der Waals surface area contributed by atoms with Crippen LogP contribution < -0.4 is 5.73 Å². The maximum atomic E-state index is 11.8. The molecule has 0 aliphatic rings. The molecule has 0 aromatic heterocycles. The van der Waals surface area contributed by atoms with Crippen LogP contribution in [0.4, 0.5) is 5.69 Å². The van der Waals surface area contributed by atoms with Gasteiger partial charge in [0.15, 0.2) is 9.84 Å². The highest BCUT2D eigenvalue weighted by molar-refractivity contribution is 7.90. The molecular weight excluding hydrogens is 238 g/mol. The van der Waals surface area contributed by atoms with Crippen molar-refractivity contribution in [1.29, 1.82) is 0 Å². The zero-order valence-corrected chi connectivity index (χ0v) is 10.8. The van der Waals surface area contributed by atoms with Crippen LogP contribution in [-0.2, 0) is 15.6 Å². The molecule has 0 saturated carbocycles. The lowest BCUT2D eigenvalue weighted by molar-refractivity contribution is 0.477. The molecule has 0 heterocycles. The highest BCUT2D eigenvalue weighted by atomic mass is 32.2. The number of hydrogen-bond donors (Lipinski definition) is 2. The molecule has 0 spiro atoms. The summed E-state index contributed by atoms with van der Waals surface area (Å²) in [7, 11) is -3.09. The van der Waals surface area contributed by atoms with E-state index in [0.717, 1.165) is 12.8 Å². The van der Waals surface area contributed by atoms with Gasteiger partial charge in [-0.15, -0.1) is 0 Å². The molecule has 0 fully saturated rings. The van der Waals surface area contributed by atoms with Crippen LogP contribution in [0.3, 0.4) is 0 Å². The number of nitrogen functional groups attached to an aromatic ring is 1. The smallest absolute Gasteiger partial charge is 0.154 e. The van der Waals surface area contributed by atoms with Gasteiger partial charge in [0, 0.05) is 0 Å². The molecule has 4 nitrogen and oxygen atoms in total. The second kappa shape index (κ2) is 5.91. The van der Waals surface area contributed by atoms with E-state index < -0.39 is 9.84 Å². The number of phenolic OH excluding ortho intramolecular Hbond substituents is 1. The first-order valence-corrected chi connectivity index (χ1v) is 7.54. The number of aromatic hydroxyl groups is 1. The summed E-state index contributed by atoms with van der Waals surface area (Å²) in [6.45, 7) is 2.03. The van der Waals surface area contributed by atoms with Gasteiger partial charge >= 0.3 is 0 Å². The predicted octanol–water partition coefficient (Wildman–Crippen LogP) is 2.08. The lowest BCUT2D eigenvalue weighted by Crippen LogP contribution is -2.09. The Balaban J connectivity index is 2.66. The highest BCUT2D eigenvalue weighted by Crippen LogP contribution is 2.22. The van der Waals surface area contributed by atoms with Gasteiger partial charge in [-0.25, -0.2) is 8.42 Å². The molecular formula is C12H19NO3S. The van der Waals surface area contributed by atoms with Gasteiger partial charge in [0.2, 0.25) is 0 Å². The molecule has 0 amide bonds. The van der Waals surface area contributed by atoms with Gasteiger partial charge in [0.1, 0.15) is 5.75 Å². The fourth-order valence-corrected chi connectivity index (χ4v) is 3.05. The van der Waals surface area contributed by atoms with Crippen LogP contribution in [0.25, 0.3) is 0 Å². The Labute approximate surface area is 102 Å². The van der Waals surface area contributed by atoms with E-state index in [0.29, 0.717) is 12.0 Å². The van der Waals surface area contributed by atoms with Crippen LogP contribution in [0.2, 0.25) is 0 Å². The first-order chi connectivity index (χ1) is 7.94. The lowest BCUT2D eigenvalue weighted by atomic mass is 10.2. The number of phenols is 1. The van der Waals surface area contributed by atoms with E-state index >= 15 is 0 Å². The monoisotopic (exact) mass is 257 g/mol. The summed E-state index contributed by atoms with van der Waals surface area (Å²) in [5.74, 6) is 0.0996. The Morgan fingerprint density at radius 3 is 2.59 bits per heavy atom. The minimum absolute atomic E-state index is 0.0371. The molecule has 5 heteroatoms. The van der Waals surface area contributed by atoms with Crippen molar-refractivity contribution in [1.82, 2.24) is 0 Å². The summed E-state index contributed by atoms with van der Waals surface area (Å²) in [6, 6.07) is 4.56. The number of hydrogen-bond acceptors (Lipinski definition) is 4. The third kappa shape index (κ3) is 4.65. The Morgan fingerprint density at radius 1 is 1.29 bits per heavy atom. The standard InChI is InChI=1S/C12H19NO3S/c1-2-3-4-7-17(15,16)9-10-5-6-11(13)12(14)8-10/h5-6,8,14H,2-4,7,9,13H2,1H3. The van der Waals surface area contributed by atoms with E-state index in [1.54, 1.807) is 6.07 Å². The molecule has 1 rings (SSSR count). The van der Waals surface area contributed by atoms with Crippen molar-refractivity contribution >= 4 is 15.5 Å². The quantitative estimate of drug-likeness (QED) is 0.464. The zero-order chi connectivity index (χ0) is 12.9. The van der Waals surface area contributed by atoms with Gasteiger partial charge < -0.3 is 10.8 Å². The molecule has 1 aromatic rings. The van der Waals surface area contributed by atoms with Crippen LogP contribution in [0.1, 0.15) is 31.7 Å². The number of unbranched alkanes of at least 4 members (excludes halogenated alkanes) is 2. The maximum Gasteiger partial charge on any atom is 0.154 e. The molecule has 3 N–H and O–H groups in total. The number of anilines is 1. The minimum Gasteiger partial charge on any atom is -0.506 e. The van der Waals surface area contributed by atoms with E-state index in [4.69, 9.17) is 5.73 Å². The van der Waals surface area contributed by atoms with Gasteiger partial charge in [0.05, 0.1) is 17.2 Å². The Morgan fingerprint density at radius 2 is 2.00 bits per heavy atom. The molecule has 0 aliphatic carbocycles. The second-order valence-corrected chi connectivity index (χ2v) is 6.38. The summed E-state index contributed by atoms with van der Waals surface area (Å²) in [5, 5.41) is 9.39. The van der Waals surface area contributed by atoms with Crippen LogP contribution >= 0.6 is 0 Å². The molecule has 0 aliphatic heterocycles. The molecule has 0 saturated heterocycles. The molecule has 0 unspecified atom stereocenters. The van der Waals surface area contributed by atoms with Crippen molar-refractivity contribution in [3.05, 3.63) is 23.8 Å². The Hall–Kier alpha value is -1.23. The Bertz CT molecular complexity index is 469. The van der Waals surface area contributed by atoms with Gasteiger partial charge in [-0.05, 0) is 24.1 Å². The van der Waals surface area contributed by atoms with Gasteiger partial charge in [0.25, 0.3) is 0 Å². The number of benzene rings is 1. The van der Waals surface area contributed by atoms with Crippen molar-refractivity contribution < 1.29 is 13.5 Å². The summed E-state index contributed by atoms with van der Waals surface area (Å²) >= 11 is 0. The van der Waals surface area contributed by atoms with Gasteiger partial charge in [-0.1, -0.05) is 25.8 Å². The Kier molecular flexibility index (Phi) is 4.81. The fraction of sp³-hybridized carbons (Fsp3) is 0.500. The molecule has 96 valence electrons. The zero-order valence-electron chi connectivity index (χ0n) is 10.0. The van der Waals surface area contributed by atoms with E-state index in [9.17, 15) is 13.5 Å².